The van der Waals surface area contributed by atoms with Crippen LogP contribution in [0.4, 0.5) is 4.79 Å². The molecular weight excluding hydrogens is 326 g/mol. The van der Waals surface area contributed by atoms with Crippen molar-refractivity contribution in [3.63, 3.8) is 0 Å². The molecule has 1 amide bonds. The van der Waals surface area contributed by atoms with Gasteiger partial charge in [0, 0.05) is 12.5 Å². The Morgan fingerprint density at radius 1 is 1.00 bits per heavy atom. The van der Waals surface area contributed by atoms with Crippen molar-refractivity contribution in [2.75, 3.05) is 13.2 Å². The zero-order valence-electron chi connectivity index (χ0n) is 14.2. The summed E-state index contributed by atoms with van der Waals surface area (Å²) in [4.78, 5) is 35.0. The normalized spacial score (nSPS) is 9.56. The molecule has 0 bridgehead atoms. The van der Waals surface area contributed by atoms with Crippen LogP contribution in [0.2, 0.25) is 0 Å². The third-order valence-corrected chi connectivity index (χ3v) is 2.91. The van der Waals surface area contributed by atoms with Crippen molar-refractivity contribution in [2.24, 2.45) is 5.92 Å². The first-order chi connectivity index (χ1) is 12.1. The molecule has 134 valence electrons. The molecule has 0 aliphatic carbocycles. The quantitative estimate of drug-likeness (QED) is 0.267. The largest absolute Gasteiger partial charge is 0.465 e. The van der Waals surface area contributed by atoms with Crippen molar-refractivity contribution < 1.29 is 28.6 Å². The highest BCUT2D eigenvalue weighted by atomic mass is 16.6. The molecule has 7 nitrogen and oxygen atoms in total. The van der Waals surface area contributed by atoms with Crippen LogP contribution in [-0.2, 0) is 30.4 Å². The minimum absolute atomic E-state index is 0.114. The number of benzene rings is 1. The van der Waals surface area contributed by atoms with Gasteiger partial charge in [-0.25, -0.2) is 10.1 Å². The van der Waals surface area contributed by atoms with Crippen LogP contribution in [0.5, 0.6) is 0 Å². The number of ether oxygens (including phenoxy) is 3. The molecule has 25 heavy (non-hydrogen) atoms. The highest BCUT2D eigenvalue weighted by molar-refractivity contribution is 5.95. The lowest BCUT2D eigenvalue weighted by molar-refractivity contribution is -0.161. The SMILES string of the molecule is CCOC(=O)C(CC#CNC(=O)OCc1ccccc1)C(=O)OCC. The first-order valence-electron chi connectivity index (χ1n) is 7.86. The number of hydrogen-bond acceptors (Lipinski definition) is 6. The fourth-order valence-electron chi connectivity index (χ4n) is 1.76. The van der Waals surface area contributed by atoms with E-state index in [-0.39, 0.29) is 26.2 Å². The molecule has 1 aromatic carbocycles. The van der Waals surface area contributed by atoms with Gasteiger partial charge in [-0.2, -0.15) is 0 Å². The Morgan fingerprint density at radius 3 is 2.16 bits per heavy atom. The second-order valence-electron chi connectivity index (χ2n) is 4.75. The summed E-state index contributed by atoms with van der Waals surface area (Å²) < 4.78 is 14.6. The topological polar surface area (TPSA) is 90.9 Å². The summed E-state index contributed by atoms with van der Waals surface area (Å²) in [5.41, 5.74) is 0.843. The molecule has 0 heterocycles. The van der Waals surface area contributed by atoms with Crippen molar-refractivity contribution in [1.29, 1.82) is 0 Å². The molecule has 0 aromatic heterocycles. The van der Waals surface area contributed by atoms with Crippen LogP contribution in [0.15, 0.2) is 30.3 Å². The third kappa shape index (κ3) is 7.88. The summed E-state index contributed by atoms with van der Waals surface area (Å²) in [6.07, 6.45) is -0.850. The van der Waals surface area contributed by atoms with Crippen molar-refractivity contribution in [1.82, 2.24) is 5.32 Å². The van der Waals surface area contributed by atoms with Crippen LogP contribution >= 0.6 is 0 Å². The lowest BCUT2D eigenvalue weighted by atomic mass is 10.1. The molecule has 0 saturated heterocycles. The van der Waals surface area contributed by atoms with Crippen LogP contribution in [-0.4, -0.2) is 31.2 Å². The summed E-state index contributed by atoms with van der Waals surface area (Å²) >= 11 is 0. The van der Waals surface area contributed by atoms with Crippen molar-refractivity contribution >= 4 is 18.0 Å². The monoisotopic (exact) mass is 347 g/mol. The summed E-state index contributed by atoms with van der Waals surface area (Å²) in [6.45, 7) is 3.67. The molecule has 1 N–H and O–H groups in total. The van der Waals surface area contributed by atoms with E-state index in [9.17, 15) is 14.4 Å². The number of nitrogens with one attached hydrogen (secondary N) is 1. The van der Waals surface area contributed by atoms with Crippen molar-refractivity contribution in [2.45, 2.75) is 26.9 Å². The summed E-state index contributed by atoms with van der Waals surface area (Å²) in [5, 5.41) is 2.22. The molecule has 0 aliphatic rings. The predicted octanol–water partition coefficient (Wildman–Crippen LogP) is 2.01. The average Bonchev–Trinajstić information content (AvgIpc) is 2.61. The van der Waals surface area contributed by atoms with E-state index in [0.29, 0.717) is 0 Å². The van der Waals surface area contributed by atoms with Crippen molar-refractivity contribution in [3.8, 4) is 12.0 Å². The molecule has 0 fully saturated rings. The molecule has 0 saturated carbocycles. The van der Waals surface area contributed by atoms with Gasteiger partial charge in [-0.3, -0.25) is 9.59 Å². The summed E-state index contributed by atoms with van der Waals surface area (Å²) in [5.74, 6) is -0.0275. The Balaban J connectivity index is 2.46. The molecule has 0 atom stereocenters. The lowest BCUT2D eigenvalue weighted by Crippen LogP contribution is -2.28. The van der Waals surface area contributed by atoms with Gasteiger partial charge in [0.15, 0.2) is 5.92 Å². The van der Waals surface area contributed by atoms with Crippen LogP contribution in [0.3, 0.4) is 0 Å². The summed E-state index contributed by atoms with van der Waals surface area (Å²) in [6, 6.07) is 11.5. The summed E-state index contributed by atoms with van der Waals surface area (Å²) in [7, 11) is 0. The number of amides is 1. The smallest absolute Gasteiger partial charge is 0.419 e. The van der Waals surface area contributed by atoms with Crippen molar-refractivity contribution in [3.05, 3.63) is 35.9 Å². The number of alkyl carbamates (subject to hydrolysis) is 1. The van der Waals surface area contributed by atoms with Gasteiger partial charge in [-0.15, -0.1) is 0 Å². The first kappa shape index (κ1) is 20.0. The molecule has 0 unspecified atom stereocenters. The fraction of sp³-hybridized carbons (Fsp3) is 0.389. The standard InChI is InChI=1S/C18H21NO6/c1-3-23-16(20)15(17(21)24-4-2)11-8-12-19-18(22)25-13-14-9-6-5-7-10-14/h5-7,9-10,15H,3-4,11,13H2,1-2H3,(H,19,22). The zero-order valence-corrected chi connectivity index (χ0v) is 14.2. The highest BCUT2D eigenvalue weighted by Gasteiger charge is 2.28. The molecule has 1 aromatic rings. The van der Waals surface area contributed by atoms with Gasteiger partial charge in [0.1, 0.15) is 6.61 Å². The maximum atomic E-state index is 11.7. The second-order valence-corrected chi connectivity index (χ2v) is 4.75. The van der Waals surface area contributed by atoms with E-state index in [0.717, 1.165) is 5.56 Å². The van der Waals surface area contributed by atoms with Gasteiger partial charge >= 0.3 is 18.0 Å². The number of esters is 2. The van der Waals surface area contributed by atoms with Gasteiger partial charge in [0.2, 0.25) is 0 Å². The van der Waals surface area contributed by atoms with Gasteiger partial charge in [-0.1, -0.05) is 36.3 Å². The minimum Gasteiger partial charge on any atom is -0.465 e. The number of carbonyl (C=O) groups excluding carboxylic acids is 3. The Labute approximate surface area is 146 Å². The van der Waals surface area contributed by atoms with Gasteiger partial charge < -0.3 is 14.2 Å². The molecule has 0 spiro atoms. The van der Waals surface area contributed by atoms with E-state index in [1.165, 1.54) is 0 Å². The second kappa shape index (κ2) is 11.5. The maximum Gasteiger partial charge on any atom is 0.419 e. The van der Waals surface area contributed by atoms with E-state index in [1.54, 1.807) is 13.8 Å². The first-order valence-corrected chi connectivity index (χ1v) is 7.86. The molecule has 0 radical (unpaired) electrons. The lowest BCUT2D eigenvalue weighted by Gasteiger charge is -2.11. The molecule has 1 rings (SSSR count). The van der Waals surface area contributed by atoms with E-state index < -0.39 is 23.9 Å². The van der Waals surface area contributed by atoms with Crippen LogP contribution < -0.4 is 5.32 Å². The van der Waals surface area contributed by atoms with Gasteiger partial charge in [-0.05, 0) is 19.4 Å². The molecule has 0 aliphatic heterocycles. The predicted molar refractivity (Wildman–Crippen MR) is 88.9 cm³/mol. The average molecular weight is 347 g/mol. The highest BCUT2D eigenvalue weighted by Crippen LogP contribution is 2.08. The Hall–Kier alpha value is -3.01. The Bertz CT molecular complexity index is 614. The maximum absolute atomic E-state index is 11.7. The number of hydrogen-bond donors (Lipinski definition) is 1. The Kier molecular flexibility index (Phi) is 9.23. The van der Waals surface area contributed by atoms with E-state index >= 15 is 0 Å². The van der Waals surface area contributed by atoms with E-state index in [4.69, 9.17) is 14.2 Å². The van der Waals surface area contributed by atoms with Crippen LogP contribution in [0.1, 0.15) is 25.8 Å². The van der Waals surface area contributed by atoms with Crippen LogP contribution in [0, 0.1) is 17.9 Å². The zero-order chi connectivity index (χ0) is 18.5. The van der Waals surface area contributed by atoms with Gasteiger partial charge in [0.25, 0.3) is 0 Å². The fourth-order valence-corrected chi connectivity index (χ4v) is 1.76. The van der Waals surface area contributed by atoms with Gasteiger partial charge in [0.05, 0.1) is 13.2 Å². The molecular formula is C18H21NO6. The third-order valence-electron chi connectivity index (χ3n) is 2.91. The Morgan fingerprint density at radius 2 is 1.60 bits per heavy atom. The minimum atomic E-state index is -1.14. The van der Waals surface area contributed by atoms with Crippen LogP contribution in [0.25, 0.3) is 0 Å². The van der Waals surface area contributed by atoms with E-state index in [1.807, 2.05) is 30.3 Å². The van der Waals surface area contributed by atoms with E-state index in [2.05, 4.69) is 17.3 Å². The number of carbonyl (C=O) groups is 3. The molecule has 7 heteroatoms. The number of rotatable bonds is 7.